The highest BCUT2D eigenvalue weighted by atomic mass is 16.5. The van der Waals surface area contributed by atoms with Gasteiger partial charge in [-0.2, -0.15) is 0 Å². The van der Waals surface area contributed by atoms with Crippen molar-refractivity contribution in [1.29, 1.82) is 0 Å². The van der Waals surface area contributed by atoms with Crippen molar-refractivity contribution in [3.05, 3.63) is 35.9 Å². The molecule has 1 atom stereocenters. The third kappa shape index (κ3) is 7.08. The molecule has 1 aromatic carbocycles. The second-order valence-corrected chi connectivity index (χ2v) is 5.40. The van der Waals surface area contributed by atoms with E-state index in [0.29, 0.717) is 6.42 Å². The third-order valence-electron chi connectivity index (χ3n) is 2.94. The minimum absolute atomic E-state index is 0.140. The van der Waals surface area contributed by atoms with Gasteiger partial charge in [-0.25, -0.2) is 4.79 Å². The summed E-state index contributed by atoms with van der Waals surface area (Å²) < 4.78 is 5.12. The fourth-order valence-corrected chi connectivity index (χ4v) is 1.91. The van der Waals surface area contributed by atoms with Crippen molar-refractivity contribution in [2.24, 2.45) is 5.92 Å². The minimum atomic E-state index is -0.671. The molecule has 0 aliphatic rings. The van der Waals surface area contributed by atoms with Crippen molar-refractivity contribution in [2.75, 3.05) is 13.2 Å². The number of ether oxygens (including phenoxy) is 1. The number of aliphatic hydroxyl groups is 1. The minimum Gasteiger partial charge on any atom is -0.445 e. The van der Waals surface area contributed by atoms with E-state index in [1.807, 2.05) is 44.2 Å². The van der Waals surface area contributed by atoms with E-state index < -0.39 is 12.1 Å². The van der Waals surface area contributed by atoms with Crippen LogP contribution < -0.4 is 10.6 Å². The first-order chi connectivity index (χ1) is 10.5. The molecule has 0 saturated heterocycles. The lowest BCUT2D eigenvalue weighted by atomic mass is 10.0. The Hall–Kier alpha value is -2.08. The van der Waals surface area contributed by atoms with Crippen molar-refractivity contribution < 1.29 is 19.4 Å². The van der Waals surface area contributed by atoms with Crippen LogP contribution in [0.15, 0.2) is 30.3 Å². The number of benzene rings is 1. The Morgan fingerprint density at radius 3 is 2.50 bits per heavy atom. The zero-order valence-electron chi connectivity index (χ0n) is 13.0. The molecule has 0 bridgehead atoms. The maximum absolute atomic E-state index is 12.0. The van der Waals surface area contributed by atoms with Gasteiger partial charge in [-0.1, -0.05) is 44.2 Å². The van der Waals surface area contributed by atoms with E-state index in [4.69, 9.17) is 9.84 Å². The van der Waals surface area contributed by atoms with Gasteiger partial charge in [-0.05, 0) is 17.9 Å². The van der Waals surface area contributed by atoms with Gasteiger partial charge in [0.25, 0.3) is 0 Å². The summed E-state index contributed by atoms with van der Waals surface area (Å²) in [5.74, 6) is -0.0845. The van der Waals surface area contributed by atoms with Crippen molar-refractivity contribution in [3.8, 4) is 0 Å². The van der Waals surface area contributed by atoms with Crippen LogP contribution in [0.5, 0.6) is 0 Å². The molecule has 0 aliphatic carbocycles. The van der Waals surface area contributed by atoms with Gasteiger partial charge in [0.2, 0.25) is 5.91 Å². The van der Waals surface area contributed by atoms with Gasteiger partial charge < -0.3 is 20.5 Å². The summed E-state index contributed by atoms with van der Waals surface area (Å²) in [6.45, 7) is 4.10. The van der Waals surface area contributed by atoms with Crippen molar-refractivity contribution in [1.82, 2.24) is 10.6 Å². The van der Waals surface area contributed by atoms with E-state index >= 15 is 0 Å². The van der Waals surface area contributed by atoms with E-state index in [2.05, 4.69) is 10.6 Å². The molecule has 0 spiro atoms. The van der Waals surface area contributed by atoms with Gasteiger partial charge in [0.15, 0.2) is 0 Å². The summed E-state index contributed by atoms with van der Waals surface area (Å²) >= 11 is 0. The highest BCUT2D eigenvalue weighted by molar-refractivity contribution is 5.85. The highest BCUT2D eigenvalue weighted by Crippen LogP contribution is 2.06. The summed E-state index contributed by atoms with van der Waals surface area (Å²) in [6.07, 6.45) is -0.133. The van der Waals surface area contributed by atoms with Gasteiger partial charge in [-0.15, -0.1) is 0 Å². The number of alkyl carbamates (subject to hydrolysis) is 1. The molecular weight excluding hydrogens is 284 g/mol. The van der Waals surface area contributed by atoms with E-state index in [9.17, 15) is 9.59 Å². The molecule has 0 aliphatic heterocycles. The van der Waals surface area contributed by atoms with E-state index in [0.717, 1.165) is 5.56 Å². The summed E-state index contributed by atoms with van der Waals surface area (Å²) in [7, 11) is 0. The largest absolute Gasteiger partial charge is 0.445 e. The number of nitrogens with one attached hydrogen (secondary N) is 2. The molecule has 0 radical (unpaired) electrons. The molecule has 1 aromatic rings. The quantitative estimate of drug-likeness (QED) is 0.678. The Bertz CT molecular complexity index is 462. The Morgan fingerprint density at radius 1 is 1.23 bits per heavy atom. The van der Waals surface area contributed by atoms with Crippen LogP contribution in [0.1, 0.15) is 25.8 Å². The number of hydrogen-bond acceptors (Lipinski definition) is 4. The Morgan fingerprint density at radius 2 is 1.91 bits per heavy atom. The molecule has 0 saturated carbocycles. The first-order valence-electron chi connectivity index (χ1n) is 7.38. The van der Waals surface area contributed by atoms with Crippen LogP contribution in [0.3, 0.4) is 0 Å². The summed E-state index contributed by atoms with van der Waals surface area (Å²) in [6, 6.07) is 8.64. The molecule has 3 N–H and O–H groups in total. The molecule has 0 aromatic heterocycles. The number of aliphatic hydroxyl groups excluding tert-OH is 1. The van der Waals surface area contributed by atoms with Crippen LogP contribution in [0, 0.1) is 5.92 Å². The summed E-state index contributed by atoms with van der Waals surface area (Å²) in [5.41, 5.74) is 0.878. The average Bonchev–Trinajstić information content (AvgIpc) is 2.50. The fourth-order valence-electron chi connectivity index (χ4n) is 1.91. The molecule has 1 rings (SSSR count). The molecule has 2 amide bonds. The van der Waals surface area contributed by atoms with Crippen LogP contribution >= 0.6 is 0 Å². The highest BCUT2D eigenvalue weighted by Gasteiger charge is 2.22. The average molecular weight is 308 g/mol. The van der Waals surface area contributed by atoms with Gasteiger partial charge in [0.1, 0.15) is 12.6 Å². The summed E-state index contributed by atoms with van der Waals surface area (Å²) in [4.78, 5) is 23.8. The first kappa shape index (κ1) is 18.0. The van der Waals surface area contributed by atoms with Crippen molar-refractivity contribution in [3.63, 3.8) is 0 Å². The molecule has 122 valence electrons. The van der Waals surface area contributed by atoms with Crippen LogP contribution in [0.2, 0.25) is 0 Å². The van der Waals surface area contributed by atoms with Crippen molar-refractivity contribution >= 4 is 12.0 Å². The van der Waals surface area contributed by atoms with Crippen LogP contribution in [0.4, 0.5) is 4.79 Å². The lowest BCUT2D eigenvalue weighted by molar-refractivity contribution is -0.123. The SMILES string of the molecule is CC(C)C[C@H](NC(=O)OCc1ccccc1)C(=O)NCCO. The van der Waals surface area contributed by atoms with Crippen molar-refractivity contribution in [2.45, 2.75) is 32.9 Å². The number of carbonyl (C=O) groups excluding carboxylic acids is 2. The van der Waals surface area contributed by atoms with Gasteiger partial charge in [0.05, 0.1) is 6.61 Å². The number of hydrogen-bond donors (Lipinski definition) is 3. The third-order valence-corrected chi connectivity index (χ3v) is 2.94. The topological polar surface area (TPSA) is 87.7 Å². The smallest absolute Gasteiger partial charge is 0.408 e. The standard InChI is InChI=1S/C16H24N2O4/c1-12(2)10-14(15(20)17-8-9-19)18-16(21)22-11-13-6-4-3-5-7-13/h3-7,12,14,19H,8-11H2,1-2H3,(H,17,20)(H,18,21)/t14-/m0/s1. The van der Waals surface area contributed by atoms with E-state index in [1.54, 1.807) is 0 Å². The first-order valence-corrected chi connectivity index (χ1v) is 7.38. The molecule has 22 heavy (non-hydrogen) atoms. The molecular formula is C16H24N2O4. The maximum atomic E-state index is 12.0. The lowest BCUT2D eigenvalue weighted by Gasteiger charge is -2.19. The fraction of sp³-hybridized carbons (Fsp3) is 0.500. The Kier molecular flexibility index (Phi) is 7.99. The zero-order valence-corrected chi connectivity index (χ0v) is 13.0. The molecule has 0 fully saturated rings. The normalized spacial score (nSPS) is 11.8. The molecule has 6 heteroatoms. The predicted molar refractivity (Wildman–Crippen MR) is 83.1 cm³/mol. The van der Waals surface area contributed by atoms with Gasteiger partial charge >= 0.3 is 6.09 Å². The Balaban J connectivity index is 2.49. The Labute approximate surface area is 130 Å². The second-order valence-electron chi connectivity index (χ2n) is 5.40. The number of carbonyl (C=O) groups is 2. The lowest BCUT2D eigenvalue weighted by Crippen LogP contribution is -2.48. The maximum Gasteiger partial charge on any atom is 0.408 e. The number of rotatable bonds is 8. The molecule has 0 unspecified atom stereocenters. The molecule has 0 heterocycles. The zero-order chi connectivity index (χ0) is 16.4. The van der Waals surface area contributed by atoms with Gasteiger partial charge in [0, 0.05) is 6.54 Å². The van der Waals surface area contributed by atoms with E-state index in [-0.39, 0.29) is 31.6 Å². The van der Waals surface area contributed by atoms with Crippen LogP contribution in [-0.4, -0.2) is 36.3 Å². The van der Waals surface area contributed by atoms with Gasteiger partial charge in [-0.3, -0.25) is 4.79 Å². The van der Waals surface area contributed by atoms with E-state index in [1.165, 1.54) is 0 Å². The van der Waals surface area contributed by atoms with Crippen LogP contribution in [0.25, 0.3) is 0 Å². The summed E-state index contributed by atoms with van der Waals surface area (Å²) in [5, 5.41) is 13.9. The predicted octanol–water partition coefficient (Wildman–Crippen LogP) is 1.44. The molecule has 6 nitrogen and oxygen atoms in total. The number of amides is 2. The monoisotopic (exact) mass is 308 g/mol. The van der Waals surface area contributed by atoms with Crippen LogP contribution in [-0.2, 0) is 16.1 Å². The second kappa shape index (κ2) is 9.78.